The number of nitrogens with one attached hydrogen (secondary N) is 1. The summed E-state index contributed by atoms with van der Waals surface area (Å²) in [5.74, 6) is -0.264. The Balaban J connectivity index is 3.40. The Morgan fingerprint density at radius 1 is 1.50 bits per heavy atom. The minimum absolute atomic E-state index is 0.102. The number of carbonyl (C=O) groups is 1. The van der Waals surface area contributed by atoms with Crippen LogP contribution in [0.15, 0.2) is 0 Å². The Morgan fingerprint density at radius 2 is 2.08 bits per heavy atom. The molecule has 0 atom stereocenters. The highest BCUT2D eigenvalue weighted by Gasteiger charge is 2.02. The summed E-state index contributed by atoms with van der Waals surface area (Å²) in [6.07, 6.45) is 0.345. The van der Waals surface area contributed by atoms with E-state index in [1.807, 2.05) is 0 Å². The summed E-state index contributed by atoms with van der Waals surface area (Å²) < 4.78 is 20.8. The number of carbonyl (C=O) groups excluding carboxylic acids is 1. The maximum absolute atomic E-state index is 10.6. The smallest absolute Gasteiger partial charge is 0.230 e. The normalized spacial score (nSPS) is 11.2. The predicted molar refractivity (Wildman–Crippen MR) is 49.4 cm³/mol. The van der Waals surface area contributed by atoms with Gasteiger partial charge in [-0.25, -0.2) is 13.6 Å². The topological polar surface area (TPSA) is 89.3 Å². The molecule has 0 heterocycles. The van der Waals surface area contributed by atoms with Crippen molar-refractivity contribution in [2.75, 3.05) is 17.6 Å². The molecule has 0 aromatic heterocycles. The highest BCUT2D eigenvalue weighted by Crippen LogP contribution is 1.84. The predicted octanol–water partition coefficient (Wildman–Crippen LogP) is -0.824. The van der Waals surface area contributed by atoms with Gasteiger partial charge in [-0.2, -0.15) is 0 Å². The highest BCUT2D eigenvalue weighted by molar-refractivity contribution is 9.09. The Kier molecular flexibility index (Phi) is 5.43. The molecule has 3 N–H and O–H groups in total. The SMILES string of the molecule is NS(=O)(=O)CCCNC(=O)CBr. The first-order valence-corrected chi connectivity index (χ1v) is 6.12. The minimum Gasteiger partial charge on any atom is -0.355 e. The van der Waals surface area contributed by atoms with E-state index in [1.54, 1.807) is 0 Å². The van der Waals surface area contributed by atoms with Crippen LogP contribution in [0.4, 0.5) is 0 Å². The van der Waals surface area contributed by atoms with E-state index in [-0.39, 0.29) is 17.0 Å². The van der Waals surface area contributed by atoms with E-state index in [9.17, 15) is 13.2 Å². The van der Waals surface area contributed by atoms with Gasteiger partial charge in [-0.1, -0.05) is 15.9 Å². The van der Waals surface area contributed by atoms with Gasteiger partial charge < -0.3 is 5.32 Å². The van der Waals surface area contributed by atoms with Crippen molar-refractivity contribution in [3.8, 4) is 0 Å². The van der Waals surface area contributed by atoms with E-state index in [1.165, 1.54) is 0 Å². The van der Waals surface area contributed by atoms with Gasteiger partial charge in [-0.05, 0) is 6.42 Å². The number of rotatable bonds is 5. The molecule has 0 fully saturated rings. The Hall–Kier alpha value is -0.140. The Morgan fingerprint density at radius 3 is 2.50 bits per heavy atom. The number of primary sulfonamides is 1. The molecule has 0 unspecified atom stereocenters. The van der Waals surface area contributed by atoms with Gasteiger partial charge in [0.2, 0.25) is 15.9 Å². The molecule has 1 amide bonds. The van der Waals surface area contributed by atoms with Gasteiger partial charge in [0.1, 0.15) is 0 Å². The molecule has 5 nitrogen and oxygen atoms in total. The molecule has 0 aliphatic rings. The lowest BCUT2D eigenvalue weighted by Crippen LogP contribution is -2.27. The van der Waals surface area contributed by atoms with Crippen LogP contribution in [0.25, 0.3) is 0 Å². The molecule has 0 aliphatic heterocycles. The fraction of sp³-hybridized carbons (Fsp3) is 0.800. The second-order valence-electron chi connectivity index (χ2n) is 2.20. The first-order valence-electron chi connectivity index (χ1n) is 3.29. The summed E-state index contributed by atoms with van der Waals surface area (Å²) >= 11 is 2.95. The quantitative estimate of drug-likeness (QED) is 0.499. The molecule has 0 aromatic carbocycles. The Bertz CT molecular complexity index is 239. The molecule has 72 valence electrons. The van der Waals surface area contributed by atoms with Crippen LogP contribution in [-0.2, 0) is 14.8 Å². The van der Waals surface area contributed by atoms with Crippen molar-refractivity contribution in [2.45, 2.75) is 6.42 Å². The van der Waals surface area contributed by atoms with Crippen LogP contribution in [0.1, 0.15) is 6.42 Å². The maximum Gasteiger partial charge on any atom is 0.230 e. The summed E-state index contributed by atoms with van der Waals surface area (Å²) in [5, 5.41) is 7.46. The summed E-state index contributed by atoms with van der Waals surface area (Å²) in [5.41, 5.74) is 0. The molecule has 12 heavy (non-hydrogen) atoms. The number of sulfonamides is 1. The first-order chi connectivity index (χ1) is 5.45. The molecular formula is C5H11BrN2O3S. The summed E-state index contributed by atoms with van der Waals surface area (Å²) in [6.45, 7) is 0.334. The maximum atomic E-state index is 10.6. The molecule has 0 saturated carbocycles. The monoisotopic (exact) mass is 258 g/mol. The zero-order chi connectivity index (χ0) is 9.61. The molecular weight excluding hydrogens is 248 g/mol. The van der Waals surface area contributed by atoms with E-state index in [4.69, 9.17) is 5.14 Å². The lowest BCUT2D eigenvalue weighted by Gasteiger charge is -2.00. The van der Waals surface area contributed by atoms with Crippen LogP contribution in [0.2, 0.25) is 0 Å². The number of hydrogen-bond acceptors (Lipinski definition) is 3. The number of hydrogen-bond donors (Lipinski definition) is 2. The zero-order valence-corrected chi connectivity index (χ0v) is 8.82. The zero-order valence-electron chi connectivity index (χ0n) is 6.42. The average molecular weight is 259 g/mol. The standard InChI is InChI=1S/C5H11BrN2O3S/c6-4-5(9)8-2-1-3-12(7,10)11/h1-4H2,(H,8,9)(H2,7,10,11). The lowest BCUT2D eigenvalue weighted by molar-refractivity contribution is -0.118. The van der Waals surface area contributed by atoms with E-state index < -0.39 is 10.0 Å². The summed E-state index contributed by atoms with van der Waals surface area (Å²) in [7, 11) is -3.39. The molecule has 7 heteroatoms. The number of nitrogens with two attached hydrogens (primary N) is 1. The second kappa shape index (κ2) is 5.50. The Labute approximate surface area is 79.9 Å². The molecule has 0 rings (SSSR count). The average Bonchev–Trinajstić information content (AvgIpc) is 1.96. The van der Waals surface area contributed by atoms with Crippen LogP contribution < -0.4 is 10.5 Å². The van der Waals surface area contributed by atoms with Crippen LogP contribution in [0.5, 0.6) is 0 Å². The van der Waals surface area contributed by atoms with Gasteiger partial charge in [0, 0.05) is 6.54 Å². The van der Waals surface area contributed by atoms with Crippen molar-refractivity contribution in [3.05, 3.63) is 0 Å². The van der Waals surface area contributed by atoms with E-state index in [0.717, 1.165) is 0 Å². The van der Waals surface area contributed by atoms with Crippen LogP contribution in [0, 0.1) is 0 Å². The third kappa shape index (κ3) is 7.96. The molecule has 0 spiro atoms. The third-order valence-electron chi connectivity index (χ3n) is 1.05. The van der Waals surface area contributed by atoms with E-state index >= 15 is 0 Å². The minimum atomic E-state index is -3.39. The van der Waals surface area contributed by atoms with Gasteiger partial charge in [-0.15, -0.1) is 0 Å². The highest BCUT2D eigenvalue weighted by atomic mass is 79.9. The van der Waals surface area contributed by atoms with Crippen molar-refractivity contribution in [2.24, 2.45) is 5.14 Å². The fourth-order valence-corrected chi connectivity index (χ4v) is 1.29. The van der Waals surface area contributed by atoms with Crippen molar-refractivity contribution in [3.63, 3.8) is 0 Å². The number of halogens is 1. The van der Waals surface area contributed by atoms with Crippen molar-refractivity contribution < 1.29 is 13.2 Å². The van der Waals surface area contributed by atoms with Crippen molar-refractivity contribution in [1.29, 1.82) is 0 Å². The van der Waals surface area contributed by atoms with Crippen LogP contribution in [0.3, 0.4) is 0 Å². The van der Waals surface area contributed by atoms with Gasteiger partial charge in [0.25, 0.3) is 0 Å². The third-order valence-corrected chi connectivity index (χ3v) is 2.42. The number of amides is 1. The fourth-order valence-electron chi connectivity index (χ4n) is 0.548. The summed E-state index contributed by atoms with van der Waals surface area (Å²) in [6, 6.07) is 0. The first kappa shape index (κ1) is 11.9. The van der Waals surface area contributed by atoms with Crippen LogP contribution in [-0.4, -0.2) is 32.0 Å². The van der Waals surface area contributed by atoms with Gasteiger partial charge >= 0.3 is 0 Å². The summed E-state index contributed by atoms with van der Waals surface area (Å²) in [4.78, 5) is 10.6. The van der Waals surface area contributed by atoms with Gasteiger partial charge in [-0.3, -0.25) is 4.79 Å². The second-order valence-corrected chi connectivity index (χ2v) is 4.50. The van der Waals surface area contributed by atoms with Crippen molar-refractivity contribution >= 4 is 31.9 Å². The molecule has 0 radical (unpaired) electrons. The lowest BCUT2D eigenvalue weighted by atomic mass is 10.5. The van der Waals surface area contributed by atoms with E-state index in [0.29, 0.717) is 13.0 Å². The van der Waals surface area contributed by atoms with Gasteiger partial charge in [0.15, 0.2) is 0 Å². The molecule has 0 aromatic rings. The van der Waals surface area contributed by atoms with E-state index in [2.05, 4.69) is 21.2 Å². The molecule has 0 saturated heterocycles. The van der Waals surface area contributed by atoms with Crippen molar-refractivity contribution in [1.82, 2.24) is 5.32 Å². The molecule has 0 aliphatic carbocycles. The molecule has 0 bridgehead atoms. The number of alkyl halides is 1. The largest absolute Gasteiger partial charge is 0.355 e. The van der Waals surface area contributed by atoms with Gasteiger partial charge in [0.05, 0.1) is 11.1 Å². The van der Waals surface area contributed by atoms with Crippen LogP contribution >= 0.6 is 15.9 Å².